The van der Waals surface area contributed by atoms with Gasteiger partial charge < -0.3 is 10.6 Å². The molecule has 5 nitrogen and oxygen atoms in total. The molecule has 1 unspecified atom stereocenters. The van der Waals surface area contributed by atoms with Gasteiger partial charge in [0, 0.05) is 24.7 Å². The molecular weight excluding hydrogens is 230 g/mol. The summed E-state index contributed by atoms with van der Waals surface area (Å²) < 4.78 is 0. The summed E-state index contributed by atoms with van der Waals surface area (Å²) in [7, 11) is 0. The molecule has 2 fully saturated rings. The molecule has 2 aliphatic rings. The second kappa shape index (κ2) is 4.01. The largest absolute Gasteiger partial charge is 0.399 e. The summed E-state index contributed by atoms with van der Waals surface area (Å²) in [6, 6.07) is 6.78. The molecule has 3 rings (SSSR count). The Labute approximate surface area is 105 Å². The number of anilines is 2. The lowest BCUT2D eigenvalue weighted by atomic mass is 10.1. The molecule has 3 amide bonds. The van der Waals surface area contributed by atoms with Crippen LogP contribution in [-0.2, 0) is 4.79 Å². The molecule has 2 aliphatic heterocycles. The van der Waals surface area contributed by atoms with Crippen molar-refractivity contribution in [2.45, 2.75) is 25.3 Å². The van der Waals surface area contributed by atoms with E-state index in [0.717, 1.165) is 19.4 Å². The number of nitrogens with zero attached hydrogens (tertiary/aromatic N) is 2. The molecule has 0 saturated carbocycles. The van der Waals surface area contributed by atoms with E-state index in [1.165, 1.54) is 4.90 Å². The first-order chi connectivity index (χ1) is 8.66. The van der Waals surface area contributed by atoms with Crippen LogP contribution in [0.25, 0.3) is 0 Å². The van der Waals surface area contributed by atoms with Gasteiger partial charge in [-0.3, -0.25) is 4.79 Å². The van der Waals surface area contributed by atoms with Crippen molar-refractivity contribution < 1.29 is 9.59 Å². The standard InChI is InChI=1S/C13H15N3O2/c14-9-3-1-4-11(7-9)16-12(17)8-10-5-2-6-15(10)13(16)18/h1,3-4,7,10H,2,5-6,8,14H2. The smallest absolute Gasteiger partial charge is 0.331 e. The molecule has 0 aromatic heterocycles. The van der Waals surface area contributed by atoms with Crippen LogP contribution in [0.1, 0.15) is 19.3 Å². The summed E-state index contributed by atoms with van der Waals surface area (Å²) in [5.74, 6) is -0.131. The number of urea groups is 1. The minimum Gasteiger partial charge on any atom is -0.399 e. The Bertz CT molecular complexity index is 515. The van der Waals surface area contributed by atoms with Crippen molar-refractivity contribution in [2.24, 2.45) is 0 Å². The van der Waals surface area contributed by atoms with Crippen LogP contribution in [0, 0.1) is 0 Å². The summed E-state index contributed by atoms with van der Waals surface area (Å²) in [6.45, 7) is 0.746. The van der Waals surface area contributed by atoms with Crippen molar-refractivity contribution in [3.63, 3.8) is 0 Å². The van der Waals surface area contributed by atoms with Gasteiger partial charge in [0.25, 0.3) is 0 Å². The number of amides is 3. The van der Waals surface area contributed by atoms with Crippen LogP contribution in [0.3, 0.4) is 0 Å². The maximum Gasteiger partial charge on any atom is 0.331 e. The molecule has 2 N–H and O–H groups in total. The number of nitrogens with two attached hydrogens (primary N) is 1. The molecule has 0 bridgehead atoms. The van der Waals surface area contributed by atoms with Crippen LogP contribution in [0.4, 0.5) is 16.2 Å². The maximum absolute atomic E-state index is 12.3. The van der Waals surface area contributed by atoms with Crippen LogP contribution >= 0.6 is 0 Å². The van der Waals surface area contributed by atoms with Gasteiger partial charge >= 0.3 is 6.03 Å². The highest BCUT2D eigenvalue weighted by molar-refractivity contribution is 6.16. The zero-order valence-electron chi connectivity index (χ0n) is 10.0. The molecule has 94 valence electrons. The normalized spacial score (nSPS) is 23.4. The van der Waals surface area contributed by atoms with E-state index < -0.39 is 0 Å². The van der Waals surface area contributed by atoms with Crippen molar-refractivity contribution in [1.82, 2.24) is 4.90 Å². The van der Waals surface area contributed by atoms with E-state index in [1.807, 2.05) is 0 Å². The van der Waals surface area contributed by atoms with Gasteiger partial charge in [0.1, 0.15) is 0 Å². The number of hydrogen-bond acceptors (Lipinski definition) is 3. The number of imide groups is 1. The first-order valence-corrected chi connectivity index (χ1v) is 6.16. The molecule has 1 aromatic carbocycles. The molecular formula is C13H15N3O2. The zero-order valence-corrected chi connectivity index (χ0v) is 10.0. The van der Waals surface area contributed by atoms with E-state index in [0.29, 0.717) is 17.8 Å². The zero-order chi connectivity index (χ0) is 12.7. The van der Waals surface area contributed by atoms with Crippen LogP contribution in [0.2, 0.25) is 0 Å². The maximum atomic E-state index is 12.3. The quantitative estimate of drug-likeness (QED) is 0.764. The van der Waals surface area contributed by atoms with Crippen LogP contribution < -0.4 is 10.6 Å². The Kier molecular flexibility index (Phi) is 2.47. The fourth-order valence-corrected chi connectivity index (χ4v) is 2.75. The Balaban J connectivity index is 1.96. The second-order valence-electron chi connectivity index (χ2n) is 4.80. The third-order valence-electron chi connectivity index (χ3n) is 3.60. The number of carbonyl (C=O) groups excluding carboxylic acids is 2. The third kappa shape index (κ3) is 1.63. The van der Waals surface area contributed by atoms with E-state index in [-0.39, 0.29) is 18.0 Å². The predicted octanol–water partition coefficient (Wildman–Crippen LogP) is 1.59. The van der Waals surface area contributed by atoms with Gasteiger partial charge in [-0.2, -0.15) is 0 Å². The lowest BCUT2D eigenvalue weighted by Gasteiger charge is -2.36. The molecule has 1 aromatic rings. The lowest BCUT2D eigenvalue weighted by molar-refractivity contribution is -0.119. The predicted molar refractivity (Wildman–Crippen MR) is 68.1 cm³/mol. The van der Waals surface area contributed by atoms with Crippen molar-refractivity contribution >= 4 is 23.3 Å². The Morgan fingerprint density at radius 1 is 1.28 bits per heavy atom. The summed E-state index contributed by atoms with van der Waals surface area (Å²) in [4.78, 5) is 27.5. The van der Waals surface area contributed by atoms with Gasteiger partial charge in [-0.05, 0) is 31.0 Å². The molecule has 0 spiro atoms. The van der Waals surface area contributed by atoms with Gasteiger partial charge in [0.05, 0.1) is 5.69 Å². The SMILES string of the molecule is Nc1cccc(N2C(=O)CC3CCCN3C2=O)c1. The first kappa shape index (κ1) is 11.1. The minimum atomic E-state index is -0.209. The average Bonchev–Trinajstić information content (AvgIpc) is 2.77. The van der Waals surface area contributed by atoms with Gasteiger partial charge in [0.2, 0.25) is 5.91 Å². The van der Waals surface area contributed by atoms with Crippen molar-refractivity contribution in [2.75, 3.05) is 17.2 Å². The highest BCUT2D eigenvalue weighted by atomic mass is 16.2. The van der Waals surface area contributed by atoms with E-state index in [1.54, 1.807) is 29.2 Å². The van der Waals surface area contributed by atoms with Gasteiger partial charge in [-0.25, -0.2) is 9.69 Å². The highest BCUT2D eigenvalue weighted by Gasteiger charge is 2.41. The highest BCUT2D eigenvalue weighted by Crippen LogP contribution is 2.30. The van der Waals surface area contributed by atoms with E-state index in [2.05, 4.69) is 0 Å². The molecule has 2 heterocycles. The number of nitrogen functional groups attached to an aromatic ring is 1. The number of fused-ring (bicyclic) bond motifs is 1. The molecule has 18 heavy (non-hydrogen) atoms. The first-order valence-electron chi connectivity index (χ1n) is 6.16. The van der Waals surface area contributed by atoms with Crippen molar-refractivity contribution in [3.8, 4) is 0 Å². The summed E-state index contributed by atoms with van der Waals surface area (Å²) >= 11 is 0. The van der Waals surface area contributed by atoms with E-state index in [9.17, 15) is 9.59 Å². The van der Waals surface area contributed by atoms with Crippen LogP contribution in [0.15, 0.2) is 24.3 Å². The number of carbonyl (C=O) groups is 2. The van der Waals surface area contributed by atoms with Gasteiger partial charge in [0.15, 0.2) is 0 Å². The number of hydrogen-bond donors (Lipinski definition) is 1. The van der Waals surface area contributed by atoms with Crippen molar-refractivity contribution in [1.29, 1.82) is 0 Å². The molecule has 1 atom stereocenters. The lowest BCUT2D eigenvalue weighted by Crippen LogP contribution is -2.54. The number of rotatable bonds is 1. The monoisotopic (exact) mass is 245 g/mol. The summed E-state index contributed by atoms with van der Waals surface area (Å²) in [5.41, 5.74) is 6.82. The average molecular weight is 245 g/mol. The fraction of sp³-hybridized carbons (Fsp3) is 0.385. The minimum absolute atomic E-state index is 0.0994. The Morgan fingerprint density at radius 2 is 2.11 bits per heavy atom. The van der Waals surface area contributed by atoms with Crippen LogP contribution in [-0.4, -0.2) is 29.4 Å². The third-order valence-corrected chi connectivity index (χ3v) is 3.60. The summed E-state index contributed by atoms with van der Waals surface area (Å²) in [6.07, 6.45) is 2.33. The molecule has 0 aliphatic carbocycles. The molecule has 2 saturated heterocycles. The number of benzene rings is 1. The van der Waals surface area contributed by atoms with Crippen LogP contribution in [0.5, 0.6) is 0 Å². The van der Waals surface area contributed by atoms with Gasteiger partial charge in [-0.1, -0.05) is 6.07 Å². The molecule has 0 radical (unpaired) electrons. The molecule has 5 heteroatoms. The van der Waals surface area contributed by atoms with Gasteiger partial charge in [-0.15, -0.1) is 0 Å². The van der Waals surface area contributed by atoms with E-state index >= 15 is 0 Å². The Morgan fingerprint density at radius 3 is 2.89 bits per heavy atom. The Hall–Kier alpha value is -2.04. The summed E-state index contributed by atoms with van der Waals surface area (Å²) in [5, 5.41) is 0. The second-order valence-corrected chi connectivity index (χ2v) is 4.80. The van der Waals surface area contributed by atoms with E-state index in [4.69, 9.17) is 5.73 Å². The topological polar surface area (TPSA) is 66.6 Å². The fourth-order valence-electron chi connectivity index (χ4n) is 2.75. The van der Waals surface area contributed by atoms with Crippen molar-refractivity contribution in [3.05, 3.63) is 24.3 Å².